The summed E-state index contributed by atoms with van der Waals surface area (Å²) in [7, 11) is 3.92. The molecule has 0 saturated carbocycles. The van der Waals surface area contributed by atoms with Gasteiger partial charge in [0.05, 0.1) is 17.8 Å². The molecule has 4 rings (SSSR count). The van der Waals surface area contributed by atoms with Crippen LogP contribution in [0.4, 0.5) is 4.39 Å². The van der Waals surface area contributed by atoms with Crippen LogP contribution in [-0.2, 0) is 4.79 Å². The lowest BCUT2D eigenvalue weighted by atomic mass is 10.1. The van der Waals surface area contributed by atoms with Crippen molar-refractivity contribution in [2.75, 3.05) is 19.8 Å². The van der Waals surface area contributed by atoms with E-state index in [1.807, 2.05) is 78.3 Å². The van der Waals surface area contributed by atoms with Gasteiger partial charge in [-0.15, -0.1) is 21.5 Å². The van der Waals surface area contributed by atoms with E-state index in [4.69, 9.17) is 0 Å². The van der Waals surface area contributed by atoms with Crippen molar-refractivity contribution in [2.45, 2.75) is 24.2 Å². The van der Waals surface area contributed by atoms with Crippen molar-refractivity contribution in [1.29, 1.82) is 0 Å². The number of thioether (sulfide) groups is 1. The van der Waals surface area contributed by atoms with E-state index in [1.165, 1.54) is 23.9 Å². The Morgan fingerprint density at radius 2 is 1.82 bits per heavy atom. The highest BCUT2D eigenvalue weighted by molar-refractivity contribution is 7.99. The van der Waals surface area contributed by atoms with Crippen molar-refractivity contribution in [3.63, 3.8) is 0 Å². The van der Waals surface area contributed by atoms with Gasteiger partial charge in [0.1, 0.15) is 5.82 Å². The van der Waals surface area contributed by atoms with Crippen LogP contribution in [0, 0.1) is 5.82 Å². The summed E-state index contributed by atoms with van der Waals surface area (Å²) < 4.78 is 15.4. The number of amides is 1. The third-order valence-electron chi connectivity index (χ3n) is 5.49. The highest BCUT2D eigenvalue weighted by atomic mass is 32.2. The summed E-state index contributed by atoms with van der Waals surface area (Å²) >= 11 is 2.92. The van der Waals surface area contributed by atoms with Gasteiger partial charge in [0.15, 0.2) is 11.0 Å². The number of rotatable bonds is 9. The highest BCUT2D eigenvalue weighted by Gasteiger charge is 2.23. The summed E-state index contributed by atoms with van der Waals surface area (Å²) in [5.74, 6) is 0.473. The fourth-order valence-corrected chi connectivity index (χ4v) is 5.03. The lowest BCUT2D eigenvalue weighted by Crippen LogP contribution is -2.30. The molecular weight excluding hydrogens is 469 g/mol. The van der Waals surface area contributed by atoms with E-state index in [9.17, 15) is 9.18 Å². The molecule has 2 heterocycles. The van der Waals surface area contributed by atoms with Gasteiger partial charge in [0, 0.05) is 10.6 Å². The number of carbonyl (C=O) groups excluding carboxylic acids is 1. The van der Waals surface area contributed by atoms with Crippen LogP contribution in [0.2, 0.25) is 0 Å². The maximum absolute atomic E-state index is 13.5. The van der Waals surface area contributed by atoms with Gasteiger partial charge >= 0.3 is 0 Å². The summed E-state index contributed by atoms with van der Waals surface area (Å²) in [5.41, 5.74) is 1.78. The van der Waals surface area contributed by atoms with Crippen molar-refractivity contribution in [3.8, 4) is 5.69 Å². The van der Waals surface area contributed by atoms with E-state index in [-0.39, 0.29) is 29.6 Å². The lowest BCUT2D eigenvalue weighted by Gasteiger charge is -2.20. The van der Waals surface area contributed by atoms with Gasteiger partial charge in [-0.05, 0) is 62.3 Å². The van der Waals surface area contributed by atoms with Crippen LogP contribution in [0.25, 0.3) is 5.69 Å². The molecule has 0 fully saturated rings. The van der Waals surface area contributed by atoms with Gasteiger partial charge < -0.3 is 5.32 Å². The molecule has 4 aromatic rings. The minimum Gasteiger partial charge on any atom is -0.344 e. The van der Waals surface area contributed by atoms with Crippen molar-refractivity contribution in [1.82, 2.24) is 25.0 Å². The second kappa shape index (κ2) is 10.9. The fraction of sp³-hybridized carbons (Fsp3) is 0.240. The Labute approximate surface area is 206 Å². The molecule has 0 saturated heterocycles. The first-order valence-corrected chi connectivity index (χ1v) is 12.7. The number of halogens is 1. The van der Waals surface area contributed by atoms with Crippen molar-refractivity contribution in [3.05, 3.63) is 94.2 Å². The number of hydrogen-bond donors (Lipinski definition) is 1. The molecule has 0 aliphatic carbocycles. The second-order valence-corrected chi connectivity index (χ2v) is 9.93. The van der Waals surface area contributed by atoms with Crippen molar-refractivity contribution < 1.29 is 9.18 Å². The Morgan fingerprint density at radius 1 is 1.09 bits per heavy atom. The van der Waals surface area contributed by atoms with Crippen LogP contribution in [0.1, 0.15) is 35.3 Å². The molecule has 6 nitrogen and oxygen atoms in total. The van der Waals surface area contributed by atoms with Crippen LogP contribution in [-0.4, -0.2) is 45.4 Å². The van der Waals surface area contributed by atoms with Crippen molar-refractivity contribution in [2.24, 2.45) is 0 Å². The quantitative estimate of drug-likeness (QED) is 0.328. The third kappa shape index (κ3) is 5.55. The molecule has 2 aromatic carbocycles. The first-order valence-electron chi connectivity index (χ1n) is 10.8. The third-order valence-corrected chi connectivity index (χ3v) is 7.36. The zero-order chi connectivity index (χ0) is 24.1. The minimum absolute atomic E-state index is 0.0259. The molecule has 0 spiro atoms. The van der Waals surface area contributed by atoms with Gasteiger partial charge in [-0.2, -0.15) is 0 Å². The van der Waals surface area contributed by atoms with Gasteiger partial charge in [-0.25, -0.2) is 4.39 Å². The van der Waals surface area contributed by atoms with E-state index in [2.05, 4.69) is 15.5 Å². The smallest absolute Gasteiger partial charge is 0.231 e. The number of carbonyl (C=O) groups is 1. The molecule has 0 aliphatic rings. The number of benzene rings is 2. The van der Waals surface area contributed by atoms with E-state index in [0.29, 0.717) is 5.16 Å². The Bertz CT molecular complexity index is 1210. The number of hydrogen-bond acceptors (Lipinski definition) is 6. The molecule has 0 unspecified atom stereocenters. The van der Waals surface area contributed by atoms with E-state index in [0.717, 1.165) is 22.0 Å². The average Bonchev–Trinajstić information content (AvgIpc) is 3.52. The van der Waals surface area contributed by atoms with Crippen LogP contribution >= 0.6 is 23.1 Å². The second-order valence-electron chi connectivity index (χ2n) is 8.01. The molecule has 34 heavy (non-hydrogen) atoms. The van der Waals surface area contributed by atoms with Crippen molar-refractivity contribution >= 4 is 29.0 Å². The molecule has 1 N–H and O–H groups in total. The summed E-state index contributed by atoms with van der Waals surface area (Å²) in [6.07, 6.45) is 0. The monoisotopic (exact) mass is 495 g/mol. The molecule has 2 atom stereocenters. The predicted molar refractivity (Wildman–Crippen MR) is 135 cm³/mol. The number of aromatic nitrogens is 3. The average molecular weight is 496 g/mol. The van der Waals surface area contributed by atoms with Gasteiger partial charge in [-0.3, -0.25) is 14.3 Å². The topological polar surface area (TPSA) is 63.1 Å². The fourth-order valence-electron chi connectivity index (χ4n) is 3.46. The molecular formula is C25H26FN5OS2. The van der Waals surface area contributed by atoms with Crippen LogP contribution < -0.4 is 5.32 Å². The summed E-state index contributed by atoms with van der Waals surface area (Å²) in [4.78, 5) is 16.1. The Balaban J connectivity index is 1.55. The molecule has 0 aliphatic heterocycles. The lowest BCUT2D eigenvalue weighted by molar-refractivity contribution is -0.119. The number of thiophene rings is 1. The largest absolute Gasteiger partial charge is 0.344 e. The summed E-state index contributed by atoms with van der Waals surface area (Å²) in [6.45, 7) is 2.02. The summed E-state index contributed by atoms with van der Waals surface area (Å²) in [6, 6.07) is 19.9. The molecule has 9 heteroatoms. The maximum Gasteiger partial charge on any atom is 0.231 e. The molecule has 1 amide bonds. The van der Waals surface area contributed by atoms with Crippen LogP contribution in [0.5, 0.6) is 0 Å². The first kappa shape index (κ1) is 24.1. The Kier molecular flexibility index (Phi) is 7.77. The Morgan fingerprint density at radius 3 is 2.47 bits per heavy atom. The highest BCUT2D eigenvalue weighted by Crippen LogP contribution is 2.29. The van der Waals surface area contributed by atoms with Gasteiger partial charge in [0.2, 0.25) is 5.91 Å². The molecule has 0 bridgehead atoms. The van der Waals surface area contributed by atoms with E-state index < -0.39 is 0 Å². The Hall–Kier alpha value is -3.01. The van der Waals surface area contributed by atoms with Gasteiger partial charge in [0.25, 0.3) is 0 Å². The van der Waals surface area contributed by atoms with Crippen LogP contribution in [0.15, 0.2) is 77.3 Å². The van der Waals surface area contributed by atoms with Crippen LogP contribution in [0.3, 0.4) is 0 Å². The van der Waals surface area contributed by atoms with E-state index >= 15 is 0 Å². The normalized spacial score (nSPS) is 13.1. The number of nitrogens with one attached hydrogen (secondary N) is 1. The zero-order valence-electron chi connectivity index (χ0n) is 19.2. The molecule has 176 valence electrons. The minimum atomic E-state index is -0.312. The number of nitrogens with zero attached hydrogens (tertiary/aromatic N) is 4. The van der Waals surface area contributed by atoms with E-state index in [1.54, 1.807) is 23.5 Å². The molecule has 2 aromatic heterocycles. The SMILES string of the molecule is C[C@H](c1nnc(SCC(=O)N[C@@H](c2ccccc2)c2cccs2)n1-c1ccc(F)cc1)N(C)C. The maximum atomic E-state index is 13.5. The summed E-state index contributed by atoms with van der Waals surface area (Å²) in [5, 5.41) is 14.5. The molecule has 0 radical (unpaired) electrons. The first-order chi connectivity index (χ1) is 16.4. The standard InChI is InChI=1S/C25H26FN5OS2/c1-17(30(2)3)24-28-29-25(31(24)20-13-11-19(26)12-14-20)34-16-22(32)27-23(21-10-7-15-33-21)18-8-5-4-6-9-18/h4-15,17,23H,16H2,1-3H3,(H,27,32)/t17-,23+/m1/s1. The van der Waals surface area contributed by atoms with Gasteiger partial charge in [-0.1, -0.05) is 48.2 Å². The zero-order valence-corrected chi connectivity index (χ0v) is 20.8. The predicted octanol–water partition coefficient (Wildman–Crippen LogP) is 5.09.